The Kier molecular flexibility index (Phi) is 6.60. The van der Waals surface area contributed by atoms with Crippen molar-refractivity contribution in [3.8, 4) is 6.07 Å². The zero-order chi connectivity index (χ0) is 24.7. The Morgan fingerprint density at radius 3 is 2.53 bits per heavy atom. The molecule has 3 heterocycles. The molecule has 0 spiro atoms. The normalized spacial score (nSPS) is 19.8. The smallest absolute Gasteiger partial charge is 0.288 e. The lowest BCUT2D eigenvalue weighted by molar-refractivity contribution is -0.0460. The molecule has 10 heteroatoms. The van der Waals surface area contributed by atoms with E-state index >= 15 is 0 Å². The quantitative estimate of drug-likeness (QED) is 0.618. The van der Waals surface area contributed by atoms with Crippen molar-refractivity contribution < 1.29 is 27.1 Å². The number of alkyl halides is 4. The van der Waals surface area contributed by atoms with Crippen LogP contribution < -0.4 is 5.32 Å². The number of carbonyl (C=O) groups excluding carboxylic acids is 1. The summed E-state index contributed by atoms with van der Waals surface area (Å²) in [5.41, 5.74) is 0.354. The third-order valence-electron chi connectivity index (χ3n) is 6.90. The summed E-state index contributed by atoms with van der Waals surface area (Å²) < 4.78 is 63.0. The zero-order valence-electron chi connectivity index (χ0n) is 19.3. The summed E-state index contributed by atoms with van der Waals surface area (Å²) in [5.74, 6) is -6.64. The molecule has 0 aromatic carbocycles. The lowest BCUT2D eigenvalue weighted by Crippen LogP contribution is -2.39. The van der Waals surface area contributed by atoms with Crippen molar-refractivity contribution in [2.75, 3.05) is 13.2 Å². The van der Waals surface area contributed by atoms with E-state index in [-0.39, 0.29) is 66.7 Å². The van der Waals surface area contributed by atoms with Crippen LogP contribution in [0.15, 0.2) is 6.07 Å². The number of nitrogens with zero attached hydrogens (tertiary/aromatic N) is 3. The minimum atomic E-state index is -3.30. The average Bonchev–Trinajstić information content (AvgIpc) is 3.14. The number of imidazole rings is 1. The van der Waals surface area contributed by atoms with Gasteiger partial charge in [0.2, 0.25) is 5.92 Å². The van der Waals surface area contributed by atoms with Crippen LogP contribution in [0, 0.1) is 24.2 Å². The highest BCUT2D eigenvalue weighted by Gasteiger charge is 2.38. The number of aromatic nitrogens is 2. The van der Waals surface area contributed by atoms with E-state index < -0.39 is 23.4 Å². The number of pyridine rings is 1. The molecule has 6 nitrogen and oxygen atoms in total. The molecular formula is C24H28F4N4O2. The van der Waals surface area contributed by atoms with Crippen molar-refractivity contribution in [2.24, 2.45) is 5.92 Å². The molecule has 1 amide bonds. The van der Waals surface area contributed by atoms with Gasteiger partial charge >= 0.3 is 0 Å². The van der Waals surface area contributed by atoms with Crippen LogP contribution in [0.5, 0.6) is 0 Å². The Hall–Kier alpha value is -2.67. The lowest BCUT2D eigenvalue weighted by Gasteiger charge is -2.28. The SMILES string of the molecule is Cc1c(C(=O)NC2CCOCC2)cc2nc(C(C)(F)F)c(CC3CCC(F)(F)CC3)n2c1C#N. The molecule has 1 aliphatic heterocycles. The summed E-state index contributed by atoms with van der Waals surface area (Å²) in [6.45, 7) is 3.41. The summed E-state index contributed by atoms with van der Waals surface area (Å²) >= 11 is 0. The van der Waals surface area contributed by atoms with Crippen LogP contribution in [-0.2, 0) is 17.1 Å². The highest BCUT2D eigenvalue weighted by atomic mass is 19.3. The van der Waals surface area contributed by atoms with Gasteiger partial charge in [-0.15, -0.1) is 0 Å². The van der Waals surface area contributed by atoms with Crippen LogP contribution >= 0.6 is 0 Å². The Bertz CT molecular complexity index is 1120. The van der Waals surface area contributed by atoms with Gasteiger partial charge in [0.05, 0.1) is 5.69 Å². The number of ether oxygens (including phenoxy) is 1. The van der Waals surface area contributed by atoms with Gasteiger partial charge in [-0.2, -0.15) is 14.0 Å². The van der Waals surface area contributed by atoms with Crippen molar-refractivity contribution in [1.82, 2.24) is 14.7 Å². The molecule has 0 bridgehead atoms. The van der Waals surface area contributed by atoms with Gasteiger partial charge in [-0.25, -0.2) is 13.8 Å². The van der Waals surface area contributed by atoms with E-state index in [1.165, 1.54) is 10.5 Å². The molecule has 4 rings (SSSR count). The lowest BCUT2D eigenvalue weighted by atomic mass is 9.83. The van der Waals surface area contributed by atoms with Gasteiger partial charge in [-0.3, -0.25) is 9.20 Å². The first-order valence-electron chi connectivity index (χ1n) is 11.6. The van der Waals surface area contributed by atoms with Crippen LogP contribution in [0.2, 0.25) is 0 Å². The molecular weight excluding hydrogens is 452 g/mol. The number of rotatable bonds is 5. The number of hydrogen-bond acceptors (Lipinski definition) is 4. The Balaban J connectivity index is 1.75. The van der Waals surface area contributed by atoms with E-state index in [0.717, 1.165) is 6.92 Å². The number of nitriles is 1. The summed E-state index contributed by atoms with van der Waals surface area (Å²) in [5, 5.41) is 12.9. The summed E-state index contributed by atoms with van der Waals surface area (Å²) in [6, 6.07) is 3.41. The summed E-state index contributed by atoms with van der Waals surface area (Å²) in [6.07, 6.45) is 1.29. The van der Waals surface area contributed by atoms with Crippen molar-refractivity contribution in [3.05, 3.63) is 34.3 Å². The molecule has 0 unspecified atom stereocenters. The van der Waals surface area contributed by atoms with Gasteiger partial charge in [0.15, 0.2) is 0 Å². The molecule has 0 radical (unpaired) electrons. The highest BCUT2D eigenvalue weighted by molar-refractivity contribution is 5.97. The maximum absolute atomic E-state index is 14.6. The predicted molar refractivity (Wildman–Crippen MR) is 116 cm³/mol. The topological polar surface area (TPSA) is 79.4 Å². The minimum Gasteiger partial charge on any atom is -0.381 e. The van der Waals surface area contributed by atoms with Gasteiger partial charge in [0, 0.05) is 44.6 Å². The molecule has 1 aliphatic carbocycles. The molecule has 34 heavy (non-hydrogen) atoms. The third-order valence-corrected chi connectivity index (χ3v) is 6.90. The summed E-state index contributed by atoms with van der Waals surface area (Å²) in [7, 11) is 0. The second-order valence-corrected chi connectivity index (χ2v) is 9.50. The fraction of sp³-hybridized carbons (Fsp3) is 0.625. The largest absolute Gasteiger partial charge is 0.381 e. The molecule has 1 N–H and O–H groups in total. The molecule has 1 saturated heterocycles. The summed E-state index contributed by atoms with van der Waals surface area (Å²) in [4.78, 5) is 17.1. The van der Waals surface area contributed by atoms with Gasteiger partial charge in [-0.05, 0) is 56.6 Å². The first kappa shape index (κ1) is 24.5. The number of halogens is 4. The highest BCUT2D eigenvalue weighted by Crippen LogP contribution is 2.40. The van der Waals surface area contributed by atoms with Crippen LogP contribution in [0.3, 0.4) is 0 Å². The van der Waals surface area contributed by atoms with Gasteiger partial charge < -0.3 is 10.1 Å². The molecule has 1 saturated carbocycles. The number of hydrogen-bond donors (Lipinski definition) is 1. The van der Waals surface area contributed by atoms with Gasteiger partial charge in [-0.1, -0.05) is 0 Å². The molecule has 2 aliphatic rings. The Morgan fingerprint density at radius 1 is 1.29 bits per heavy atom. The van der Waals surface area contributed by atoms with E-state index in [1.54, 1.807) is 6.92 Å². The Labute approximate surface area is 195 Å². The van der Waals surface area contributed by atoms with E-state index in [1.807, 2.05) is 0 Å². The van der Waals surface area contributed by atoms with E-state index in [0.29, 0.717) is 31.6 Å². The van der Waals surface area contributed by atoms with Crippen molar-refractivity contribution in [2.45, 2.75) is 76.7 Å². The average molecular weight is 481 g/mol. The van der Waals surface area contributed by atoms with E-state index in [4.69, 9.17) is 4.74 Å². The van der Waals surface area contributed by atoms with Crippen LogP contribution in [-0.4, -0.2) is 40.5 Å². The molecule has 2 aromatic heterocycles. The predicted octanol–water partition coefficient (Wildman–Crippen LogP) is 4.90. The van der Waals surface area contributed by atoms with Crippen molar-refractivity contribution >= 4 is 11.6 Å². The minimum absolute atomic E-state index is 0.0498. The van der Waals surface area contributed by atoms with Crippen LogP contribution in [0.1, 0.15) is 78.5 Å². The Morgan fingerprint density at radius 2 is 1.94 bits per heavy atom. The maximum atomic E-state index is 14.6. The van der Waals surface area contributed by atoms with Crippen LogP contribution in [0.4, 0.5) is 17.6 Å². The second kappa shape index (κ2) is 9.17. The van der Waals surface area contributed by atoms with E-state index in [9.17, 15) is 27.6 Å². The molecule has 184 valence electrons. The maximum Gasteiger partial charge on any atom is 0.288 e. The second-order valence-electron chi connectivity index (χ2n) is 9.50. The van der Waals surface area contributed by atoms with E-state index in [2.05, 4.69) is 16.4 Å². The standard InChI is InChI=1S/C24H28F4N4O2/c1-14-17(22(33)30-16-5-9-34-10-6-16)12-20-31-21(23(2,25)26)18(32(20)19(14)13-29)11-15-3-7-24(27,28)8-4-15/h12,15-16H,3-11H2,1-2H3,(H,30,33). The van der Waals surface area contributed by atoms with Gasteiger partial charge in [0.1, 0.15) is 23.1 Å². The number of fused-ring (bicyclic) bond motifs is 1. The molecule has 2 fully saturated rings. The first-order chi connectivity index (χ1) is 16.0. The van der Waals surface area contributed by atoms with Crippen molar-refractivity contribution in [3.63, 3.8) is 0 Å². The number of nitrogens with one attached hydrogen (secondary N) is 1. The zero-order valence-corrected chi connectivity index (χ0v) is 19.3. The van der Waals surface area contributed by atoms with Gasteiger partial charge in [0.25, 0.3) is 11.8 Å². The molecule has 2 aromatic rings. The van der Waals surface area contributed by atoms with Crippen molar-refractivity contribution in [1.29, 1.82) is 5.26 Å². The number of amides is 1. The fourth-order valence-corrected chi connectivity index (χ4v) is 4.94. The fourth-order valence-electron chi connectivity index (χ4n) is 4.94. The molecule has 0 atom stereocenters. The van der Waals surface area contributed by atoms with Crippen LogP contribution in [0.25, 0.3) is 5.65 Å². The third kappa shape index (κ3) is 4.90. The number of carbonyl (C=O) groups is 1. The first-order valence-corrected chi connectivity index (χ1v) is 11.6. The monoisotopic (exact) mass is 480 g/mol.